The van der Waals surface area contributed by atoms with Crippen LogP contribution in [0.15, 0.2) is 24.3 Å². The summed E-state index contributed by atoms with van der Waals surface area (Å²) in [5, 5.41) is 19.4. The van der Waals surface area contributed by atoms with E-state index in [2.05, 4.69) is 25.7 Å². The fourth-order valence-corrected chi connectivity index (χ4v) is 1.37. The van der Waals surface area contributed by atoms with Gasteiger partial charge in [0.1, 0.15) is 5.75 Å². The van der Waals surface area contributed by atoms with Crippen LogP contribution in [-0.4, -0.2) is 34.2 Å². The second kappa shape index (κ2) is 4.85. The largest absolute Gasteiger partial charge is 0.508 e. The highest BCUT2D eigenvalue weighted by molar-refractivity contribution is 5.28. The van der Waals surface area contributed by atoms with Gasteiger partial charge in [-0.15, -0.1) is 0 Å². The highest BCUT2D eigenvalue weighted by atomic mass is 16.3. The van der Waals surface area contributed by atoms with Gasteiger partial charge in [0.15, 0.2) is 0 Å². The lowest BCUT2D eigenvalue weighted by Crippen LogP contribution is -2.40. The maximum absolute atomic E-state index is 10.0. The Balaban J connectivity index is 2.69. The molecular weight excluding hydrogens is 202 g/mol. The third-order valence-electron chi connectivity index (χ3n) is 2.85. The summed E-state index contributed by atoms with van der Waals surface area (Å²) in [6, 6.07) is 6.76. The van der Waals surface area contributed by atoms with Gasteiger partial charge in [0, 0.05) is 12.1 Å². The van der Waals surface area contributed by atoms with Gasteiger partial charge in [-0.3, -0.25) is 4.90 Å². The third-order valence-corrected chi connectivity index (χ3v) is 2.85. The van der Waals surface area contributed by atoms with Crippen LogP contribution in [0, 0.1) is 0 Å². The number of phenols is 1. The first kappa shape index (κ1) is 13.0. The Morgan fingerprint density at radius 3 is 2.44 bits per heavy atom. The van der Waals surface area contributed by atoms with Crippen molar-refractivity contribution < 1.29 is 10.2 Å². The molecule has 90 valence electrons. The zero-order valence-corrected chi connectivity index (χ0v) is 10.4. The fourth-order valence-electron chi connectivity index (χ4n) is 1.37. The molecular formula is C13H21NO2. The van der Waals surface area contributed by atoms with Crippen molar-refractivity contribution in [3.63, 3.8) is 0 Å². The van der Waals surface area contributed by atoms with Crippen molar-refractivity contribution in [3.05, 3.63) is 29.8 Å². The van der Waals surface area contributed by atoms with E-state index in [0.29, 0.717) is 6.54 Å². The molecule has 2 N–H and O–H groups in total. The molecule has 0 saturated carbocycles. The lowest BCUT2D eigenvalue weighted by molar-refractivity contribution is 0.0788. The predicted octanol–water partition coefficient (Wildman–Crippen LogP) is 2.16. The van der Waals surface area contributed by atoms with E-state index in [4.69, 9.17) is 0 Å². The van der Waals surface area contributed by atoms with Crippen LogP contribution in [0.5, 0.6) is 5.75 Å². The first-order chi connectivity index (χ1) is 7.30. The van der Waals surface area contributed by atoms with Crippen LogP contribution in [0.25, 0.3) is 0 Å². The number of nitrogens with zero attached hydrogens (tertiary/aromatic N) is 1. The average molecular weight is 223 g/mol. The van der Waals surface area contributed by atoms with Gasteiger partial charge < -0.3 is 10.2 Å². The van der Waals surface area contributed by atoms with E-state index in [-0.39, 0.29) is 11.3 Å². The van der Waals surface area contributed by atoms with E-state index in [1.807, 2.05) is 13.1 Å². The number of β-amino-alcohol motifs (C(OH)–C–C–N with tert-alkyl or cyclic N) is 1. The van der Waals surface area contributed by atoms with Gasteiger partial charge in [0.25, 0.3) is 0 Å². The van der Waals surface area contributed by atoms with Crippen molar-refractivity contribution >= 4 is 0 Å². The highest BCUT2D eigenvalue weighted by Crippen LogP contribution is 2.21. The van der Waals surface area contributed by atoms with Gasteiger partial charge >= 0.3 is 0 Å². The smallest absolute Gasteiger partial charge is 0.115 e. The molecule has 0 aliphatic heterocycles. The second-order valence-electron chi connectivity index (χ2n) is 5.16. The molecule has 0 amide bonds. The van der Waals surface area contributed by atoms with Crippen LogP contribution in [-0.2, 0) is 0 Å². The average Bonchev–Trinajstić information content (AvgIpc) is 2.16. The standard InChI is InChI=1S/C13H21NO2/c1-13(2,3)14(4)9-12(16)10-6-5-7-11(15)8-10/h5-8,12,15-16H,9H2,1-4H3/t12-/m1/s1. The number of hydrogen-bond donors (Lipinski definition) is 2. The number of phenolic OH excluding ortho intramolecular Hbond substituents is 1. The van der Waals surface area contributed by atoms with E-state index >= 15 is 0 Å². The van der Waals surface area contributed by atoms with Gasteiger partial charge in [0.2, 0.25) is 0 Å². The third kappa shape index (κ3) is 3.51. The van der Waals surface area contributed by atoms with Crippen LogP contribution < -0.4 is 0 Å². The molecule has 0 spiro atoms. The van der Waals surface area contributed by atoms with E-state index in [1.165, 1.54) is 0 Å². The lowest BCUT2D eigenvalue weighted by atomic mass is 10.0. The lowest BCUT2D eigenvalue weighted by Gasteiger charge is -2.33. The molecule has 1 aromatic rings. The summed E-state index contributed by atoms with van der Waals surface area (Å²) >= 11 is 0. The quantitative estimate of drug-likeness (QED) is 0.825. The predicted molar refractivity (Wildman–Crippen MR) is 65.4 cm³/mol. The van der Waals surface area contributed by atoms with Gasteiger partial charge in [-0.25, -0.2) is 0 Å². The van der Waals surface area contributed by atoms with E-state index in [1.54, 1.807) is 18.2 Å². The Hall–Kier alpha value is -1.06. The van der Waals surface area contributed by atoms with Crippen LogP contribution in [0.4, 0.5) is 0 Å². The normalized spacial score (nSPS) is 14.1. The van der Waals surface area contributed by atoms with E-state index in [0.717, 1.165) is 5.56 Å². The minimum atomic E-state index is -0.573. The summed E-state index contributed by atoms with van der Waals surface area (Å²) in [6.45, 7) is 6.85. The Morgan fingerprint density at radius 1 is 1.31 bits per heavy atom. The number of aliphatic hydroxyl groups excluding tert-OH is 1. The number of rotatable bonds is 3. The SMILES string of the molecule is CN(C[C@@H](O)c1cccc(O)c1)C(C)(C)C. The topological polar surface area (TPSA) is 43.7 Å². The molecule has 3 nitrogen and oxygen atoms in total. The van der Waals surface area contributed by atoms with Crippen LogP contribution in [0.3, 0.4) is 0 Å². The van der Waals surface area contributed by atoms with Crippen molar-refractivity contribution in [2.45, 2.75) is 32.4 Å². The molecule has 0 fully saturated rings. The molecule has 16 heavy (non-hydrogen) atoms. The first-order valence-electron chi connectivity index (χ1n) is 5.49. The Morgan fingerprint density at radius 2 is 1.94 bits per heavy atom. The second-order valence-corrected chi connectivity index (χ2v) is 5.16. The summed E-state index contributed by atoms with van der Waals surface area (Å²) < 4.78 is 0. The van der Waals surface area contributed by atoms with Crippen molar-refractivity contribution in [1.82, 2.24) is 4.90 Å². The van der Waals surface area contributed by atoms with Gasteiger partial charge in [0.05, 0.1) is 6.10 Å². The molecule has 0 bridgehead atoms. The molecule has 0 aliphatic rings. The highest BCUT2D eigenvalue weighted by Gasteiger charge is 2.20. The number of hydrogen-bond acceptors (Lipinski definition) is 3. The summed E-state index contributed by atoms with van der Waals surface area (Å²) in [5.41, 5.74) is 0.772. The Bertz CT molecular complexity index is 344. The summed E-state index contributed by atoms with van der Waals surface area (Å²) in [6.07, 6.45) is -0.573. The zero-order valence-electron chi connectivity index (χ0n) is 10.4. The molecule has 1 atom stereocenters. The summed E-state index contributed by atoms with van der Waals surface area (Å²) in [7, 11) is 1.98. The van der Waals surface area contributed by atoms with Crippen LogP contribution in [0.1, 0.15) is 32.4 Å². The van der Waals surface area contributed by atoms with Crippen molar-refractivity contribution in [3.8, 4) is 5.75 Å². The maximum Gasteiger partial charge on any atom is 0.115 e. The van der Waals surface area contributed by atoms with Crippen molar-refractivity contribution in [2.75, 3.05) is 13.6 Å². The minimum absolute atomic E-state index is 0.0256. The molecule has 0 aromatic heterocycles. The number of benzene rings is 1. The molecule has 3 heteroatoms. The van der Waals surface area contributed by atoms with Gasteiger partial charge in [-0.05, 0) is 45.5 Å². The van der Waals surface area contributed by atoms with Crippen LogP contribution >= 0.6 is 0 Å². The number of aromatic hydroxyl groups is 1. The van der Waals surface area contributed by atoms with Crippen LogP contribution in [0.2, 0.25) is 0 Å². The number of likely N-dealkylation sites (N-methyl/N-ethyl adjacent to an activating group) is 1. The molecule has 0 radical (unpaired) electrons. The first-order valence-corrected chi connectivity index (χ1v) is 5.49. The maximum atomic E-state index is 10.0. The number of aliphatic hydroxyl groups is 1. The van der Waals surface area contributed by atoms with E-state index < -0.39 is 6.10 Å². The summed E-state index contributed by atoms with van der Waals surface area (Å²) in [5.74, 6) is 0.190. The molecule has 0 unspecified atom stereocenters. The monoisotopic (exact) mass is 223 g/mol. The zero-order chi connectivity index (χ0) is 12.3. The fraction of sp³-hybridized carbons (Fsp3) is 0.538. The van der Waals surface area contributed by atoms with Crippen molar-refractivity contribution in [1.29, 1.82) is 0 Å². The Kier molecular flexibility index (Phi) is 3.94. The summed E-state index contributed by atoms with van der Waals surface area (Å²) in [4.78, 5) is 2.09. The van der Waals surface area contributed by atoms with E-state index in [9.17, 15) is 10.2 Å². The Labute approximate surface area is 97.3 Å². The van der Waals surface area contributed by atoms with Gasteiger partial charge in [-0.2, -0.15) is 0 Å². The minimum Gasteiger partial charge on any atom is -0.508 e. The molecule has 0 heterocycles. The molecule has 0 aliphatic carbocycles. The molecule has 0 saturated heterocycles. The molecule has 1 aromatic carbocycles. The van der Waals surface area contributed by atoms with Gasteiger partial charge in [-0.1, -0.05) is 12.1 Å². The molecule has 1 rings (SSSR count). The van der Waals surface area contributed by atoms with Crippen molar-refractivity contribution in [2.24, 2.45) is 0 Å².